The lowest BCUT2D eigenvalue weighted by atomic mass is 10.1. The highest BCUT2D eigenvalue weighted by molar-refractivity contribution is 6.30. The Hall–Kier alpha value is -1.47. The summed E-state index contributed by atoms with van der Waals surface area (Å²) in [4.78, 5) is 0. The molecule has 0 aliphatic rings. The molecule has 0 N–H and O–H groups in total. The second kappa shape index (κ2) is 5.45. The van der Waals surface area contributed by atoms with E-state index in [1.807, 2.05) is 25.1 Å². The van der Waals surface area contributed by atoms with Crippen molar-refractivity contribution >= 4 is 11.6 Å². The van der Waals surface area contributed by atoms with Crippen LogP contribution in [0.4, 0.5) is 0 Å². The third-order valence-electron chi connectivity index (χ3n) is 3.04. The fourth-order valence-electron chi connectivity index (χ4n) is 1.84. The molecule has 0 saturated heterocycles. The van der Waals surface area contributed by atoms with Gasteiger partial charge in [0.05, 0.1) is 0 Å². The maximum absolute atomic E-state index is 5.98. The summed E-state index contributed by atoms with van der Waals surface area (Å²) in [6.07, 6.45) is 0. The summed E-state index contributed by atoms with van der Waals surface area (Å²) in [6.45, 7) is 6.79. The molecule has 0 atom stereocenters. The summed E-state index contributed by atoms with van der Waals surface area (Å²) < 4.78 is 5.86. The van der Waals surface area contributed by atoms with Gasteiger partial charge in [-0.15, -0.1) is 0 Å². The van der Waals surface area contributed by atoms with E-state index in [1.54, 1.807) is 0 Å². The third kappa shape index (κ3) is 3.05. The third-order valence-corrected chi connectivity index (χ3v) is 3.27. The van der Waals surface area contributed by atoms with E-state index in [0.29, 0.717) is 11.6 Å². The lowest BCUT2D eigenvalue weighted by Gasteiger charge is -2.11. The van der Waals surface area contributed by atoms with Crippen molar-refractivity contribution in [3.63, 3.8) is 0 Å². The number of halogens is 1. The monoisotopic (exact) mass is 260 g/mol. The summed E-state index contributed by atoms with van der Waals surface area (Å²) in [5, 5.41) is 0.705. The number of aryl methyl sites for hydroxylation is 3. The quantitative estimate of drug-likeness (QED) is 0.767. The standard InChI is InChI=1S/C16H17ClO/c1-11-4-5-12(2)14(8-11)10-18-16-9-15(17)7-6-13(16)3/h4-9H,10H2,1-3H3. The van der Waals surface area contributed by atoms with E-state index in [0.717, 1.165) is 11.3 Å². The fraction of sp³-hybridized carbons (Fsp3) is 0.250. The molecule has 0 bridgehead atoms. The fourth-order valence-corrected chi connectivity index (χ4v) is 2.00. The molecule has 0 fully saturated rings. The van der Waals surface area contributed by atoms with Crippen molar-refractivity contribution < 1.29 is 4.74 Å². The Balaban J connectivity index is 2.16. The van der Waals surface area contributed by atoms with Gasteiger partial charge in [-0.2, -0.15) is 0 Å². The van der Waals surface area contributed by atoms with Gasteiger partial charge in [0.2, 0.25) is 0 Å². The van der Waals surface area contributed by atoms with Crippen LogP contribution in [0, 0.1) is 20.8 Å². The van der Waals surface area contributed by atoms with Crippen molar-refractivity contribution in [2.75, 3.05) is 0 Å². The van der Waals surface area contributed by atoms with E-state index in [4.69, 9.17) is 16.3 Å². The molecule has 1 nitrogen and oxygen atoms in total. The molecular weight excluding hydrogens is 244 g/mol. The van der Waals surface area contributed by atoms with Crippen LogP contribution in [0.25, 0.3) is 0 Å². The summed E-state index contributed by atoms with van der Waals surface area (Å²) >= 11 is 5.98. The molecule has 0 saturated carbocycles. The van der Waals surface area contributed by atoms with E-state index in [-0.39, 0.29) is 0 Å². The first-order chi connectivity index (χ1) is 8.56. The molecule has 0 aromatic heterocycles. The molecule has 2 aromatic carbocycles. The molecule has 2 aromatic rings. The van der Waals surface area contributed by atoms with Crippen molar-refractivity contribution in [1.29, 1.82) is 0 Å². The zero-order chi connectivity index (χ0) is 13.1. The second-order valence-corrected chi connectivity index (χ2v) is 5.06. The predicted octanol–water partition coefficient (Wildman–Crippen LogP) is 4.84. The summed E-state index contributed by atoms with van der Waals surface area (Å²) in [5.74, 6) is 0.850. The number of benzene rings is 2. The van der Waals surface area contributed by atoms with Crippen LogP contribution < -0.4 is 4.74 Å². The SMILES string of the molecule is Cc1ccc(C)c(COc2cc(Cl)ccc2C)c1. The van der Waals surface area contributed by atoms with Crippen molar-refractivity contribution in [2.24, 2.45) is 0 Å². The molecule has 0 heterocycles. The van der Waals surface area contributed by atoms with Crippen molar-refractivity contribution in [3.05, 3.63) is 63.7 Å². The minimum Gasteiger partial charge on any atom is -0.489 e. The van der Waals surface area contributed by atoms with Gasteiger partial charge in [0.15, 0.2) is 0 Å². The molecule has 0 spiro atoms. The number of hydrogen-bond donors (Lipinski definition) is 0. The highest BCUT2D eigenvalue weighted by Crippen LogP contribution is 2.24. The first-order valence-corrected chi connectivity index (χ1v) is 6.39. The van der Waals surface area contributed by atoms with Gasteiger partial charge < -0.3 is 4.74 Å². The average Bonchev–Trinajstić information content (AvgIpc) is 2.34. The van der Waals surface area contributed by atoms with E-state index >= 15 is 0 Å². The predicted molar refractivity (Wildman–Crippen MR) is 76.4 cm³/mol. The van der Waals surface area contributed by atoms with Crippen molar-refractivity contribution in [3.8, 4) is 5.75 Å². The number of hydrogen-bond acceptors (Lipinski definition) is 1. The van der Waals surface area contributed by atoms with Crippen LogP contribution in [0.1, 0.15) is 22.3 Å². The average molecular weight is 261 g/mol. The largest absolute Gasteiger partial charge is 0.489 e. The smallest absolute Gasteiger partial charge is 0.124 e. The highest BCUT2D eigenvalue weighted by Gasteiger charge is 2.03. The van der Waals surface area contributed by atoms with E-state index in [1.165, 1.54) is 16.7 Å². The summed E-state index contributed by atoms with van der Waals surface area (Å²) in [6, 6.07) is 12.1. The van der Waals surface area contributed by atoms with E-state index < -0.39 is 0 Å². The van der Waals surface area contributed by atoms with Crippen LogP contribution >= 0.6 is 11.6 Å². The Labute approximate surface area is 113 Å². The van der Waals surface area contributed by atoms with Gasteiger partial charge in [-0.3, -0.25) is 0 Å². The van der Waals surface area contributed by atoms with Gasteiger partial charge in [-0.1, -0.05) is 41.4 Å². The van der Waals surface area contributed by atoms with Crippen molar-refractivity contribution in [1.82, 2.24) is 0 Å². The Morgan fingerprint density at radius 2 is 1.67 bits per heavy atom. The maximum Gasteiger partial charge on any atom is 0.124 e. The molecule has 0 aliphatic carbocycles. The van der Waals surface area contributed by atoms with Gasteiger partial charge in [0.1, 0.15) is 12.4 Å². The Morgan fingerprint density at radius 3 is 2.44 bits per heavy atom. The van der Waals surface area contributed by atoms with Crippen LogP contribution in [0.2, 0.25) is 5.02 Å². The Bertz CT molecular complexity index is 510. The number of ether oxygens (including phenoxy) is 1. The van der Waals surface area contributed by atoms with Crippen LogP contribution in [0.5, 0.6) is 5.75 Å². The molecule has 18 heavy (non-hydrogen) atoms. The molecular formula is C16H17ClO. The summed E-state index contributed by atoms with van der Waals surface area (Å²) in [7, 11) is 0. The van der Waals surface area contributed by atoms with Crippen molar-refractivity contribution in [2.45, 2.75) is 27.4 Å². The lowest BCUT2D eigenvalue weighted by Crippen LogP contribution is -1.99. The molecule has 0 aliphatic heterocycles. The molecule has 0 unspecified atom stereocenters. The molecule has 2 heteroatoms. The highest BCUT2D eigenvalue weighted by atomic mass is 35.5. The van der Waals surface area contributed by atoms with Crippen LogP contribution in [0.15, 0.2) is 36.4 Å². The molecule has 2 rings (SSSR count). The maximum atomic E-state index is 5.98. The molecule has 0 radical (unpaired) electrons. The van der Waals surface area contributed by atoms with E-state index in [2.05, 4.69) is 32.0 Å². The van der Waals surface area contributed by atoms with Gasteiger partial charge in [-0.05, 0) is 49.6 Å². The molecule has 0 amide bonds. The normalized spacial score (nSPS) is 10.4. The van der Waals surface area contributed by atoms with Gasteiger partial charge in [0.25, 0.3) is 0 Å². The first kappa shape index (κ1) is 13.0. The zero-order valence-electron chi connectivity index (χ0n) is 11.0. The summed E-state index contributed by atoms with van der Waals surface area (Å²) in [5.41, 5.74) is 4.82. The minimum absolute atomic E-state index is 0.578. The lowest BCUT2D eigenvalue weighted by molar-refractivity contribution is 0.303. The van der Waals surface area contributed by atoms with Crippen LogP contribution in [-0.4, -0.2) is 0 Å². The van der Waals surface area contributed by atoms with Gasteiger partial charge in [-0.25, -0.2) is 0 Å². The van der Waals surface area contributed by atoms with Crippen LogP contribution in [-0.2, 0) is 6.61 Å². The number of rotatable bonds is 3. The van der Waals surface area contributed by atoms with Gasteiger partial charge >= 0.3 is 0 Å². The zero-order valence-corrected chi connectivity index (χ0v) is 11.7. The second-order valence-electron chi connectivity index (χ2n) is 4.63. The first-order valence-electron chi connectivity index (χ1n) is 6.01. The minimum atomic E-state index is 0.578. The van der Waals surface area contributed by atoms with Gasteiger partial charge in [0, 0.05) is 5.02 Å². The molecule has 94 valence electrons. The topological polar surface area (TPSA) is 9.23 Å². The Kier molecular flexibility index (Phi) is 3.93. The van der Waals surface area contributed by atoms with E-state index in [9.17, 15) is 0 Å². The Morgan fingerprint density at radius 1 is 0.944 bits per heavy atom. The van der Waals surface area contributed by atoms with Crippen LogP contribution in [0.3, 0.4) is 0 Å².